The van der Waals surface area contributed by atoms with Gasteiger partial charge in [-0.05, 0) is 56.5 Å². The standard InChI is InChI=1S/C26H25OPS2/c1-16-14-22(18(3)29-16)25-21-12-8-9-13-24(21)28(27,20-10-6-5-7-11-20)26(25)23-15-17(2)30-19(23)4/h5-15,25-26H,1-4H3. The number of aryl methyl sites for hydroxylation is 4. The first-order valence-corrected chi connectivity index (χ1v) is 13.7. The average molecular weight is 449 g/mol. The normalized spacial score (nSPS) is 22.9. The maximum atomic E-state index is 15.2. The summed E-state index contributed by atoms with van der Waals surface area (Å²) in [6, 6.07) is 23.3. The highest BCUT2D eigenvalue weighted by molar-refractivity contribution is 7.79. The second-order valence-corrected chi connectivity index (χ2v) is 14.0. The van der Waals surface area contributed by atoms with Crippen LogP contribution in [0.25, 0.3) is 0 Å². The largest absolute Gasteiger partial charge is 0.313 e. The van der Waals surface area contributed by atoms with Gasteiger partial charge in [0.1, 0.15) is 0 Å². The Balaban J connectivity index is 1.87. The van der Waals surface area contributed by atoms with Crippen molar-refractivity contribution in [2.45, 2.75) is 39.3 Å². The Hall–Kier alpha value is -1.93. The van der Waals surface area contributed by atoms with Gasteiger partial charge in [-0.3, -0.25) is 0 Å². The molecule has 0 spiro atoms. The third kappa shape index (κ3) is 2.91. The Labute approximate surface area is 186 Å². The van der Waals surface area contributed by atoms with Gasteiger partial charge in [-0.2, -0.15) is 0 Å². The van der Waals surface area contributed by atoms with Crippen LogP contribution in [0.15, 0.2) is 66.7 Å². The monoisotopic (exact) mass is 448 g/mol. The fourth-order valence-corrected chi connectivity index (χ4v) is 11.0. The van der Waals surface area contributed by atoms with Crippen LogP contribution in [0.4, 0.5) is 0 Å². The number of hydrogen-bond acceptors (Lipinski definition) is 3. The van der Waals surface area contributed by atoms with Crippen molar-refractivity contribution in [2.24, 2.45) is 0 Å². The number of benzene rings is 2. The molecule has 3 atom stereocenters. The summed E-state index contributed by atoms with van der Waals surface area (Å²) in [6.45, 7) is 8.73. The minimum atomic E-state index is -2.88. The highest BCUT2D eigenvalue weighted by Gasteiger charge is 2.52. The highest BCUT2D eigenvalue weighted by atomic mass is 32.1. The van der Waals surface area contributed by atoms with Crippen molar-refractivity contribution in [1.29, 1.82) is 0 Å². The Morgan fingerprint density at radius 3 is 1.87 bits per heavy atom. The van der Waals surface area contributed by atoms with Gasteiger partial charge >= 0.3 is 0 Å². The summed E-state index contributed by atoms with van der Waals surface area (Å²) in [5.41, 5.74) is 3.77. The van der Waals surface area contributed by atoms with E-state index in [-0.39, 0.29) is 11.6 Å². The summed E-state index contributed by atoms with van der Waals surface area (Å²) in [5, 5.41) is 2.01. The summed E-state index contributed by atoms with van der Waals surface area (Å²) in [7, 11) is -2.88. The van der Waals surface area contributed by atoms with Gasteiger partial charge < -0.3 is 4.57 Å². The lowest BCUT2D eigenvalue weighted by Crippen LogP contribution is -2.17. The van der Waals surface area contributed by atoms with Crippen LogP contribution in [0.2, 0.25) is 0 Å². The first-order valence-electron chi connectivity index (χ1n) is 10.3. The predicted molar refractivity (Wildman–Crippen MR) is 132 cm³/mol. The summed E-state index contributed by atoms with van der Waals surface area (Å²) in [6.07, 6.45) is 0. The van der Waals surface area contributed by atoms with E-state index < -0.39 is 7.14 Å². The molecular weight excluding hydrogens is 423 g/mol. The van der Waals surface area contributed by atoms with E-state index in [0.29, 0.717) is 0 Å². The lowest BCUT2D eigenvalue weighted by molar-refractivity contribution is 0.576. The zero-order valence-corrected chi connectivity index (χ0v) is 20.2. The fourth-order valence-electron chi connectivity index (χ4n) is 5.15. The molecule has 2 aromatic heterocycles. The summed E-state index contributed by atoms with van der Waals surface area (Å²) >= 11 is 3.67. The molecular formula is C26H25OPS2. The summed E-state index contributed by atoms with van der Waals surface area (Å²) in [4.78, 5) is 5.23. The summed E-state index contributed by atoms with van der Waals surface area (Å²) < 4.78 is 15.2. The van der Waals surface area contributed by atoms with E-state index in [0.717, 1.165) is 10.6 Å². The first-order chi connectivity index (χ1) is 14.4. The molecule has 4 aromatic rings. The van der Waals surface area contributed by atoms with E-state index >= 15 is 4.57 Å². The number of thiophene rings is 2. The number of fused-ring (bicyclic) bond motifs is 1. The second-order valence-electron chi connectivity index (χ2n) is 8.21. The van der Waals surface area contributed by atoms with Crippen LogP contribution in [0, 0.1) is 27.7 Å². The Morgan fingerprint density at radius 1 is 0.700 bits per heavy atom. The molecule has 5 rings (SSSR count). The molecule has 0 saturated carbocycles. The Bertz CT molecular complexity index is 1280. The molecule has 0 saturated heterocycles. The second kappa shape index (κ2) is 7.34. The minimum absolute atomic E-state index is 0.0602. The molecule has 152 valence electrons. The van der Waals surface area contributed by atoms with Crippen molar-refractivity contribution >= 4 is 40.4 Å². The van der Waals surface area contributed by atoms with Crippen LogP contribution in [-0.4, -0.2) is 0 Å². The quantitative estimate of drug-likeness (QED) is 0.302. The first kappa shape index (κ1) is 20.0. The molecule has 0 amide bonds. The van der Waals surface area contributed by atoms with Crippen molar-refractivity contribution in [2.75, 3.05) is 0 Å². The molecule has 0 radical (unpaired) electrons. The molecule has 0 fully saturated rings. The number of hydrogen-bond donors (Lipinski definition) is 0. The maximum Gasteiger partial charge on any atom is 0.151 e. The van der Waals surface area contributed by atoms with Gasteiger partial charge in [0.15, 0.2) is 7.14 Å². The smallest absolute Gasteiger partial charge is 0.151 e. The zero-order valence-electron chi connectivity index (χ0n) is 17.7. The topological polar surface area (TPSA) is 17.1 Å². The molecule has 0 bridgehead atoms. The van der Waals surface area contributed by atoms with E-state index in [2.05, 4.69) is 70.2 Å². The van der Waals surface area contributed by atoms with Gasteiger partial charge in [-0.25, -0.2) is 0 Å². The molecule has 3 heterocycles. The van der Waals surface area contributed by atoms with E-state index in [1.54, 1.807) is 0 Å². The predicted octanol–water partition coefficient (Wildman–Crippen LogP) is 7.24. The molecule has 0 aliphatic carbocycles. The van der Waals surface area contributed by atoms with Crippen molar-refractivity contribution in [3.05, 3.63) is 103 Å². The Morgan fingerprint density at radius 2 is 1.27 bits per heavy atom. The molecule has 1 aliphatic rings. The van der Waals surface area contributed by atoms with Crippen molar-refractivity contribution < 1.29 is 4.57 Å². The molecule has 2 aromatic carbocycles. The van der Waals surface area contributed by atoms with Crippen LogP contribution >= 0.6 is 29.8 Å². The molecule has 1 nitrogen and oxygen atoms in total. The average Bonchev–Trinajstić information content (AvgIpc) is 3.33. The molecule has 30 heavy (non-hydrogen) atoms. The fraction of sp³-hybridized carbons (Fsp3) is 0.231. The lowest BCUT2D eigenvalue weighted by atomic mass is 9.86. The van der Waals surface area contributed by atoms with Crippen LogP contribution < -0.4 is 10.6 Å². The third-order valence-electron chi connectivity index (χ3n) is 6.29. The van der Waals surface area contributed by atoms with Crippen LogP contribution in [0.5, 0.6) is 0 Å². The SMILES string of the molecule is Cc1cc(C2c3ccccc3P(=O)(c3ccccc3)C2c2cc(C)sc2C)c(C)s1. The Kier molecular flexibility index (Phi) is 4.89. The van der Waals surface area contributed by atoms with Gasteiger partial charge in [0.25, 0.3) is 0 Å². The van der Waals surface area contributed by atoms with Gasteiger partial charge in [0, 0.05) is 36.0 Å². The molecule has 3 unspecified atom stereocenters. The van der Waals surface area contributed by atoms with E-state index in [1.165, 1.54) is 36.2 Å². The summed E-state index contributed by atoms with van der Waals surface area (Å²) in [5.74, 6) is 0.116. The minimum Gasteiger partial charge on any atom is -0.313 e. The van der Waals surface area contributed by atoms with Gasteiger partial charge in [0.05, 0.1) is 5.66 Å². The van der Waals surface area contributed by atoms with E-state index in [9.17, 15) is 0 Å². The maximum absolute atomic E-state index is 15.2. The van der Waals surface area contributed by atoms with Gasteiger partial charge in [-0.15, -0.1) is 22.7 Å². The highest BCUT2D eigenvalue weighted by Crippen LogP contribution is 2.70. The molecule has 1 aliphatic heterocycles. The van der Waals surface area contributed by atoms with E-state index in [1.807, 2.05) is 46.9 Å². The van der Waals surface area contributed by atoms with Crippen LogP contribution in [0.3, 0.4) is 0 Å². The molecule has 0 N–H and O–H groups in total. The van der Waals surface area contributed by atoms with Gasteiger partial charge in [0.2, 0.25) is 0 Å². The zero-order chi connectivity index (χ0) is 21.0. The van der Waals surface area contributed by atoms with Crippen molar-refractivity contribution in [3.8, 4) is 0 Å². The van der Waals surface area contributed by atoms with Crippen molar-refractivity contribution in [1.82, 2.24) is 0 Å². The van der Waals surface area contributed by atoms with Crippen LogP contribution in [0.1, 0.15) is 47.8 Å². The number of rotatable bonds is 3. The lowest BCUT2D eigenvalue weighted by Gasteiger charge is -2.27. The van der Waals surface area contributed by atoms with Crippen LogP contribution in [-0.2, 0) is 4.57 Å². The molecule has 4 heteroatoms. The van der Waals surface area contributed by atoms with E-state index in [4.69, 9.17) is 0 Å². The van der Waals surface area contributed by atoms with Gasteiger partial charge in [-0.1, -0.05) is 54.6 Å². The third-order valence-corrected chi connectivity index (χ3v) is 11.8. The van der Waals surface area contributed by atoms with Crippen molar-refractivity contribution in [3.63, 3.8) is 0 Å².